The zero-order chi connectivity index (χ0) is 39.8. The zero-order valence-electron chi connectivity index (χ0n) is 36.1. The molecule has 0 aliphatic rings. The van der Waals surface area contributed by atoms with Crippen LogP contribution in [-0.2, 0) is 41.1 Å². The topological polar surface area (TPSA) is 63.2 Å². The minimum atomic E-state index is -1.65. The van der Waals surface area contributed by atoms with E-state index in [1.165, 1.54) is 148 Å². The van der Waals surface area contributed by atoms with Crippen LogP contribution in [0, 0.1) is 0 Å². The first kappa shape index (κ1) is 50.3. The minimum Gasteiger partial charge on any atom is -0.463 e. The highest BCUT2D eigenvalue weighted by atomic mass is 31.2. The fourth-order valence-corrected chi connectivity index (χ4v) is 7.92. The van der Waals surface area contributed by atoms with E-state index in [-0.39, 0.29) is 25.3 Å². The van der Waals surface area contributed by atoms with E-state index in [4.69, 9.17) is 23.0 Å². The summed E-state index contributed by atoms with van der Waals surface area (Å²) in [7, 11) is -1.65. The molecule has 320 valence electrons. The molecule has 0 fully saturated rings. The maximum absolute atomic E-state index is 12.8. The molecule has 0 aromatic heterocycles. The molecule has 2 rings (SSSR count). The number of rotatable bonds is 41. The van der Waals surface area contributed by atoms with E-state index in [9.17, 15) is 4.79 Å². The molecule has 2 aromatic rings. The highest BCUT2D eigenvalue weighted by molar-refractivity contribution is 7.41. The summed E-state index contributed by atoms with van der Waals surface area (Å²) < 4.78 is 30.6. The van der Waals surface area contributed by atoms with Crippen LogP contribution in [0.5, 0.6) is 0 Å². The number of esters is 1. The van der Waals surface area contributed by atoms with Crippen LogP contribution in [0.15, 0.2) is 60.7 Å². The molecule has 0 saturated heterocycles. The second kappa shape index (κ2) is 38.7. The van der Waals surface area contributed by atoms with Gasteiger partial charge >= 0.3 is 14.6 Å². The van der Waals surface area contributed by atoms with Crippen molar-refractivity contribution in [3.63, 3.8) is 0 Å². The van der Waals surface area contributed by atoms with Gasteiger partial charge in [0, 0.05) is 13.0 Å². The van der Waals surface area contributed by atoms with E-state index in [2.05, 4.69) is 13.8 Å². The molecule has 0 saturated carbocycles. The smallest absolute Gasteiger partial charge is 0.333 e. The summed E-state index contributed by atoms with van der Waals surface area (Å²) in [6, 6.07) is 20.1. The summed E-state index contributed by atoms with van der Waals surface area (Å²) in [6.45, 7) is 6.37. The molecule has 6 nitrogen and oxygen atoms in total. The lowest BCUT2D eigenvalue weighted by molar-refractivity contribution is -0.149. The third-order valence-electron chi connectivity index (χ3n) is 10.5. The Labute approximate surface area is 345 Å². The van der Waals surface area contributed by atoms with Gasteiger partial charge in [0.2, 0.25) is 0 Å². The number of benzene rings is 2. The number of carbonyl (C=O) groups is 1. The minimum absolute atomic E-state index is 0.152. The van der Waals surface area contributed by atoms with E-state index < -0.39 is 8.60 Å². The van der Waals surface area contributed by atoms with Crippen molar-refractivity contribution in [2.45, 2.75) is 213 Å². The molecule has 2 aromatic carbocycles. The van der Waals surface area contributed by atoms with Crippen molar-refractivity contribution in [2.75, 3.05) is 19.8 Å². The largest absolute Gasteiger partial charge is 0.463 e. The monoisotopic (exact) mass is 799 g/mol. The van der Waals surface area contributed by atoms with E-state index >= 15 is 0 Å². The molecule has 0 heterocycles. The summed E-state index contributed by atoms with van der Waals surface area (Å²) in [6.07, 6.45) is 35.3. The van der Waals surface area contributed by atoms with Crippen molar-refractivity contribution in [2.24, 2.45) is 0 Å². The van der Waals surface area contributed by atoms with Crippen LogP contribution in [0.2, 0.25) is 0 Å². The lowest BCUT2D eigenvalue weighted by atomic mass is 10.0. The second-order valence-electron chi connectivity index (χ2n) is 15.8. The average molecular weight is 799 g/mol. The van der Waals surface area contributed by atoms with Crippen molar-refractivity contribution in [1.29, 1.82) is 0 Å². The second-order valence-corrected chi connectivity index (χ2v) is 17.0. The molecule has 0 aliphatic carbocycles. The van der Waals surface area contributed by atoms with E-state index in [1.54, 1.807) is 0 Å². The number of unbranched alkanes of at least 4 members (excludes halogenated alkanes) is 25. The number of hydrogen-bond donors (Lipinski definition) is 0. The van der Waals surface area contributed by atoms with Crippen molar-refractivity contribution in [1.82, 2.24) is 0 Å². The fourth-order valence-electron chi connectivity index (χ4n) is 6.89. The zero-order valence-corrected chi connectivity index (χ0v) is 37.0. The molecule has 0 radical (unpaired) electrons. The Morgan fingerprint density at radius 1 is 0.464 bits per heavy atom. The first-order chi connectivity index (χ1) is 27.7. The molecule has 0 bridgehead atoms. The summed E-state index contributed by atoms with van der Waals surface area (Å²) in [5, 5.41) is 0. The van der Waals surface area contributed by atoms with Gasteiger partial charge in [0.25, 0.3) is 0 Å². The highest BCUT2D eigenvalue weighted by Gasteiger charge is 2.20. The molecule has 0 unspecified atom stereocenters. The maximum Gasteiger partial charge on any atom is 0.333 e. The molecule has 0 N–H and O–H groups in total. The van der Waals surface area contributed by atoms with Crippen molar-refractivity contribution >= 4 is 14.6 Å². The summed E-state index contributed by atoms with van der Waals surface area (Å²) >= 11 is 0. The third kappa shape index (κ3) is 31.2. The Morgan fingerprint density at radius 3 is 1.25 bits per heavy atom. The molecular formula is C49H83O6P. The van der Waals surface area contributed by atoms with Crippen LogP contribution in [0.3, 0.4) is 0 Å². The maximum atomic E-state index is 12.8. The lowest BCUT2D eigenvalue weighted by Gasteiger charge is -2.22. The number of carbonyl (C=O) groups excluding carboxylic acids is 1. The number of hydrogen-bond acceptors (Lipinski definition) is 6. The molecule has 1 atom stereocenters. The predicted octanol–water partition coefficient (Wildman–Crippen LogP) is 15.6. The summed E-state index contributed by atoms with van der Waals surface area (Å²) in [5.41, 5.74) is 2.11. The van der Waals surface area contributed by atoms with Crippen molar-refractivity contribution in [3.05, 3.63) is 71.8 Å². The Hall–Kier alpha value is -1.82. The molecule has 7 heteroatoms. The van der Waals surface area contributed by atoms with E-state index in [0.717, 1.165) is 36.8 Å². The van der Waals surface area contributed by atoms with Crippen LogP contribution in [-0.4, -0.2) is 31.9 Å². The van der Waals surface area contributed by atoms with Gasteiger partial charge in [0.15, 0.2) is 0 Å². The van der Waals surface area contributed by atoms with Crippen molar-refractivity contribution in [3.8, 4) is 0 Å². The predicted molar refractivity (Wildman–Crippen MR) is 237 cm³/mol. The van der Waals surface area contributed by atoms with Crippen molar-refractivity contribution < 1.29 is 27.8 Å². The Morgan fingerprint density at radius 2 is 0.839 bits per heavy atom. The van der Waals surface area contributed by atoms with Gasteiger partial charge in [-0.2, -0.15) is 0 Å². The highest BCUT2D eigenvalue weighted by Crippen LogP contribution is 2.42. The van der Waals surface area contributed by atoms with Gasteiger partial charge in [-0.15, -0.1) is 0 Å². The SMILES string of the molecule is CCCCCCCCCCCCCCCCO[C@H](COC(=O)CCCCCCCCCCCCCCC)COP(OCc1ccccc1)OCc1ccccc1. The molecule has 0 amide bonds. The number of ether oxygens (including phenoxy) is 2. The quantitative estimate of drug-likeness (QED) is 0.0379. The molecule has 56 heavy (non-hydrogen) atoms. The molecule has 0 aliphatic heterocycles. The van der Waals surface area contributed by atoms with Gasteiger partial charge in [-0.1, -0.05) is 235 Å². The lowest BCUT2D eigenvalue weighted by Crippen LogP contribution is -2.27. The Bertz CT molecular complexity index is 1060. The Balaban J connectivity index is 1.71. The average Bonchev–Trinajstić information content (AvgIpc) is 3.23. The first-order valence-corrected chi connectivity index (χ1v) is 24.3. The molecular weight excluding hydrogens is 716 g/mol. The van der Waals surface area contributed by atoms with Gasteiger partial charge in [-0.25, -0.2) is 0 Å². The third-order valence-corrected chi connectivity index (χ3v) is 11.5. The normalized spacial score (nSPS) is 12.1. The van der Waals surface area contributed by atoms with Gasteiger partial charge in [-0.3, -0.25) is 4.79 Å². The van der Waals surface area contributed by atoms with Crippen LogP contribution < -0.4 is 0 Å². The first-order valence-electron chi connectivity index (χ1n) is 23.2. The fraction of sp³-hybridized carbons (Fsp3) is 0.735. The summed E-state index contributed by atoms with van der Waals surface area (Å²) in [4.78, 5) is 12.8. The van der Waals surface area contributed by atoms with E-state index in [1.807, 2.05) is 60.7 Å². The van der Waals surface area contributed by atoms with Crippen LogP contribution in [0.4, 0.5) is 0 Å². The van der Waals surface area contributed by atoms with Gasteiger partial charge < -0.3 is 23.0 Å². The standard InChI is InChI=1S/C49H83O6P/c1-3-5-7-9-11-13-15-17-19-21-23-25-27-35-41-51-48(44-52-49(50)40-34-26-24-22-20-18-16-14-12-10-8-6-4-2)45-55-56(53-42-46-36-30-28-31-37-46)54-43-47-38-32-29-33-39-47/h28-33,36-39,48H,3-27,34-35,40-45H2,1-2H3/t48-/m1/s1. The molecule has 0 spiro atoms. The van der Waals surface area contributed by atoms with Gasteiger partial charge in [0.1, 0.15) is 12.7 Å². The Kier molecular flexibility index (Phi) is 34.8. The van der Waals surface area contributed by atoms with E-state index in [0.29, 0.717) is 26.2 Å². The summed E-state index contributed by atoms with van der Waals surface area (Å²) in [5.74, 6) is -0.152. The van der Waals surface area contributed by atoms with Crippen LogP contribution in [0.25, 0.3) is 0 Å². The van der Waals surface area contributed by atoms with Crippen LogP contribution in [0.1, 0.15) is 205 Å². The van der Waals surface area contributed by atoms with Crippen LogP contribution >= 0.6 is 8.60 Å². The van der Waals surface area contributed by atoms with Gasteiger partial charge in [0.05, 0.1) is 19.8 Å². The van der Waals surface area contributed by atoms with Gasteiger partial charge in [-0.05, 0) is 24.0 Å².